The van der Waals surface area contributed by atoms with E-state index in [2.05, 4.69) is 9.46 Å². The van der Waals surface area contributed by atoms with E-state index in [9.17, 15) is 13.2 Å². The van der Waals surface area contributed by atoms with E-state index in [1.807, 2.05) is 30.3 Å². The summed E-state index contributed by atoms with van der Waals surface area (Å²) in [5.74, 6) is -0.725. The fourth-order valence-electron chi connectivity index (χ4n) is 2.05. The molecule has 1 atom stereocenters. The topological polar surface area (TPSA) is 98.5 Å². The summed E-state index contributed by atoms with van der Waals surface area (Å²) in [6, 6.07) is 14.9. The van der Waals surface area contributed by atoms with E-state index in [4.69, 9.17) is 5.73 Å². The average molecular weight is 334 g/mol. The quantitative estimate of drug-likeness (QED) is 0.772. The average Bonchev–Trinajstić information content (AvgIpc) is 2.60. The number of methoxy groups -OCH3 is 1. The molecule has 0 radical (unpaired) electrons. The Bertz CT molecular complexity index is 758. The van der Waals surface area contributed by atoms with Crippen LogP contribution in [0.15, 0.2) is 59.5 Å². The van der Waals surface area contributed by atoms with Gasteiger partial charge in [-0.05, 0) is 23.3 Å². The maximum Gasteiger partial charge on any atom is 0.325 e. The minimum Gasteiger partial charge on any atom is -0.468 e. The number of benzene rings is 2. The van der Waals surface area contributed by atoms with E-state index in [1.54, 1.807) is 12.1 Å². The maximum atomic E-state index is 12.3. The van der Waals surface area contributed by atoms with E-state index < -0.39 is 22.0 Å². The lowest BCUT2D eigenvalue weighted by molar-refractivity contribution is -0.142. The van der Waals surface area contributed by atoms with E-state index in [-0.39, 0.29) is 11.4 Å². The molecule has 0 unspecified atom stereocenters. The van der Waals surface area contributed by atoms with Crippen molar-refractivity contribution in [1.82, 2.24) is 4.72 Å². The van der Waals surface area contributed by atoms with E-state index in [0.29, 0.717) is 0 Å². The number of carbonyl (C=O) groups is 1. The van der Waals surface area contributed by atoms with Gasteiger partial charge < -0.3 is 10.5 Å². The highest BCUT2D eigenvalue weighted by Gasteiger charge is 2.25. The molecule has 2 aromatic rings. The van der Waals surface area contributed by atoms with Gasteiger partial charge in [-0.25, -0.2) is 8.42 Å². The van der Waals surface area contributed by atoms with Gasteiger partial charge in [0.2, 0.25) is 10.0 Å². The Morgan fingerprint density at radius 1 is 1.09 bits per heavy atom. The van der Waals surface area contributed by atoms with Gasteiger partial charge in [0.15, 0.2) is 0 Å². The monoisotopic (exact) mass is 334 g/mol. The van der Waals surface area contributed by atoms with Crippen molar-refractivity contribution in [1.29, 1.82) is 0 Å². The van der Waals surface area contributed by atoms with Crippen molar-refractivity contribution in [2.45, 2.75) is 10.9 Å². The molecule has 0 spiro atoms. The molecule has 0 saturated carbocycles. The molecule has 3 N–H and O–H groups in total. The Balaban J connectivity index is 2.22. The number of sulfonamides is 1. The van der Waals surface area contributed by atoms with Gasteiger partial charge in [0.1, 0.15) is 6.04 Å². The number of ether oxygens (including phenoxy) is 1. The molecule has 0 aliphatic heterocycles. The lowest BCUT2D eigenvalue weighted by atomic mass is 10.1. The first-order valence-electron chi connectivity index (χ1n) is 6.93. The first-order valence-corrected chi connectivity index (χ1v) is 8.42. The molecule has 0 bridgehead atoms. The summed E-state index contributed by atoms with van der Waals surface area (Å²) in [6.07, 6.45) is 0. The van der Waals surface area contributed by atoms with Crippen molar-refractivity contribution in [3.05, 3.63) is 54.6 Å². The van der Waals surface area contributed by atoms with Gasteiger partial charge >= 0.3 is 5.97 Å². The first-order chi connectivity index (χ1) is 11.0. The number of nitrogens with one attached hydrogen (secondary N) is 1. The molecule has 0 amide bonds. The molecule has 23 heavy (non-hydrogen) atoms. The highest BCUT2D eigenvalue weighted by atomic mass is 32.2. The Labute approximate surface area is 135 Å². The lowest BCUT2D eigenvalue weighted by Crippen LogP contribution is -2.46. The minimum absolute atomic E-state index is 0.0551. The third-order valence-corrected chi connectivity index (χ3v) is 4.78. The van der Waals surface area contributed by atoms with Crippen molar-refractivity contribution < 1.29 is 17.9 Å². The van der Waals surface area contributed by atoms with Gasteiger partial charge in [-0.1, -0.05) is 42.5 Å². The van der Waals surface area contributed by atoms with Crippen molar-refractivity contribution in [2.24, 2.45) is 5.73 Å². The number of rotatable bonds is 6. The summed E-state index contributed by atoms with van der Waals surface area (Å²) >= 11 is 0. The van der Waals surface area contributed by atoms with Gasteiger partial charge in [-0.15, -0.1) is 0 Å². The smallest absolute Gasteiger partial charge is 0.325 e. The SMILES string of the molecule is COC(=O)[C@H](CN)NS(=O)(=O)c1ccc(-c2ccccc2)cc1. The zero-order valence-corrected chi connectivity index (χ0v) is 13.4. The normalized spacial score (nSPS) is 12.6. The zero-order valence-electron chi connectivity index (χ0n) is 12.6. The molecule has 6 nitrogen and oxygen atoms in total. The highest BCUT2D eigenvalue weighted by molar-refractivity contribution is 7.89. The van der Waals surface area contributed by atoms with Crippen LogP contribution in [-0.4, -0.2) is 34.1 Å². The molecule has 0 fully saturated rings. The van der Waals surface area contributed by atoms with Crippen LogP contribution in [0.3, 0.4) is 0 Å². The van der Waals surface area contributed by atoms with E-state index in [0.717, 1.165) is 11.1 Å². The van der Waals surface area contributed by atoms with E-state index >= 15 is 0 Å². The number of hydrogen-bond donors (Lipinski definition) is 2. The number of esters is 1. The van der Waals surface area contributed by atoms with Crippen LogP contribution >= 0.6 is 0 Å². The molecule has 0 aliphatic carbocycles. The van der Waals surface area contributed by atoms with Crippen LogP contribution in [0.2, 0.25) is 0 Å². The zero-order chi connectivity index (χ0) is 16.9. The number of carbonyl (C=O) groups excluding carboxylic acids is 1. The molecule has 2 aromatic carbocycles. The second-order valence-electron chi connectivity index (χ2n) is 4.82. The molecule has 2 rings (SSSR count). The number of nitrogens with two attached hydrogens (primary N) is 1. The molecular weight excluding hydrogens is 316 g/mol. The molecule has 122 valence electrons. The summed E-state index contributed by atoms with van der Waals surface area (Å²) in [7, 11) is -2.68. The van der Waals surface area contributed by atoms with Gasteiger partial charge in [0.25, 0.3) is 0 Å². The molecule has 0 heterocycles. The summed E-state index contributed by atoms with van der Waals surface area (Å²) in [5.41, 5.74) is 7.29. The fourth-order valence-corrected chi connectivity index (χ4v) is 3.24. The Kier molecular flexibility index (Phi) is 5.49. The largest absolute Gasteiger partial charge is 0.468 e. The van der Waals surface area contributed by atoms with Crippen molar-refractivity contribution >= 4 is 16.0 Å². The van der Waals surface area contributed by atoms with Crippen LogP contribution in [-0.2, 0) is 19.6 Å². The molecular formula is C16H18N2O4S. The van der Waals surface area contributed by atoms with Crippen LogP contribution in [0.25, 0.3) is 11.1 Å². The van der Waals surface area contributed by atoms with E-state index in [1.165, 1.54) is 19.2 Å². The van der Waals surface area contributed by atoms with Gasteiger partial charge in [0.05, 0.1) is 12.0 Å². The summed E-state index contributed by atoms with van der Waals surface area (Å²) < 4.78 is 31.3. The molecule has 0 saturated heterocycles. The molecule has 0 aromatic heterocycles. The highest BCUT2D eigenvalue weighted by Crippen LogP contribution is 2.21. The Morgan fingerprint density at radius 2 is 1.65 bits per heavy atom. The third kappa shape index (κ3) is 4.16. The van der Waals surface area contributed by atoms with Crippen LogP contribution in [0.4, 0.5) is 0 Å². The summed E-state index contributed by atoms with van der Waals surface area (Å²) in [4.78, 5) is 11.5. The van der Waals surface area contributed by atoms with Gasteiger partial charge in [-0.2, -0.15) is 4.72 Å². The Morgan fingerprint density at radius 3 is 2.17 bits per heavy atom. The van der Waals surface area contributed by atoms with Crippen LogP contribution in [0, 0.1) is 0 Å². The minimum atomic E-state index is -3.86. The second kappa shape index (κ2) is 7.36. The first kappa shape index (κ1) is 17.1. The van der Waals surface area contributed by atoms with Crippen LogP contribution in [0.5, 0.6) is 0 Å². The van der Waals surface area contributed by atoms with Crippen molar-refractivity contribution in [3.63, 3.8) is 0 Å². The number of hydrogen-bond acceptors (Lipinski definition) is 5. The third-order valence-electron chi connectivity index (χ3n) is 3.29. The molecule has 7 heteroatoms. The molecule has 0 aliphatic rings. The predicted octanol–water partition coefficient (Wildman–Crippen LogP) is 1.13. The predicted molar refractivity (Wildman–Crippen MR) is 87.1 cm³/mol. The van der Waals surface area contributed by atoms with Crippen molar-refractivity contribution in [2.75, 3.05) is 13.7 Å². The van der Waals surface area contributed by atoms with Crippen molar-refractivity contribution in [3.8, 4) is 11.1 Å². The van der Waals surface area contributed by atoms with Crippen LogP contribution in [0.1, 0.15) is 0 Å². The summed E-state index contributed by atoms with van der Waals surface area (Å²) in [6.45, 7) is -0.187. The van der Waals surface area contributed by atoms with Crippen LogP contribution < -0.4 is 10.5 Å². The Hall–Kier alpha value is -2.22. The van der Waals surface area contributed by atoms with Gasteiger partial charge in [-0.3, -0.25) is 4.79 Å². The summed E-state index contributed by atoms with van der Waals surface area (Å²) in [5, 5.41) is 0. The fraction of sp³-hybridized carbons (Fsp3) is 0.188. The lowest BCUT2D eigenvalue weighted by Gasteiger charge is -2.14. The standard InChI is InChI=1S/C16H18N2O4S/c1-22-16(19)15(11-17)18-23(20,21)14-9-7-13(8-10-14)12-5-3-2-4-6-12/h2-10,15,18H,11,17H2,1H3/t15-/m0/s1. The van der Waals surface area contributed by atoms with Gasteiger partial charge in [0, 0.05) is 6.54 Å². The second-order valence-corrected chi connectivity index (χ2v) is 6.54. The maximum absolute atomic E-state index is 12.3.